The molecule has 1 atom stereocenters. The molecular weight excluding hydrogens is 270 g/mol. The molecule has 1 unspecified atom stereocenters. The van der Waals surface area contributed by atoms with Gasteiger partial charge in [0.15, 0.2) is 6.61 Å². The van der Waals surface area contributed by atoms with Crippen molar-refractivity contribution in [1.29, 1.82) is 0 Å². The van der Waals surface area contributed by atoms with Gasteiger partial charge in [-0.1, -0.05) is 18.2 Å². The zero-order valence-corrected chi connectivity index (χ0v) is 11.8. The van der Waals surface area contributed by atoms with Crippen LogP contribution >= 0.6 is 0 Å². The van der Waals surface area contributed by atoms with Gasteiger partial charge in [0.1, 0.15) is 5.75 Å². The van der Waals surface area contributed by atoms with E-state index in [1.165, 1.54) is 0 Å². The molecule has 1 saturated carbocycles. The monoisotopic (exact) mass is 289 g/mol. The molecule has 1 aliphatic heterocycles. The summed E-state index contributed by atoms with van der Waals surface area (Å²) in [5.41, 5.74) is -0.0388. The van der Waals surface area contributed by atoms with E-state index in [-0.39, 0.29) is 23.8 Å². The summed E-state index contributed by atoms with van der Waals surface area (Å²) in [5.74, 6) is -0.230. The first kappa shape index (κ1) is 13.9. The van der Waals surface area contributed by atoms with E-state index in [4.69, 9.17) is 9.84 Å². The zero-order chi connectivity index (χ0) is 14.9. The normalized spacial score (nSPS) is 22.9. The quantitative estimate of drug-likeness (QED) is 0.917. The molecule has 1 N–H and O–H groups in total. The second-order valence-electron chi connectivity index (χ2n) is 5.94. The van der Waals surface area contributed by atoms with Crippen LogP contribution in [-0.4, -0.2) is 41.6 Å². The van der Waals surface area contributed by atoms with E-state index in [1.54, 1.807) is 4.90 Å². The molecule has 21 heavy (non-hydrogen) atoms. The summed E-state index contributed by atoms with van der Waals surface area (Å²) in [6.45, 7) is 1.32. The van der Waals surface area contributed by atoms with Crippen LogP contribution in [0.5, 0.6) is 5.75 Å². The maximum absolute atomic E-state index is 12.1. The number of nitrogens with zero attached hydrogens (tertiary/aromatic N) is 1. The third-order valence-corrected chi connectivity index (χ3v) is 4.71. The lowest BCUT2D eigenvalue weighted by Gasteiger charge is -2.32. The molecule has 0 aromatic heterocycles. The summed E-state index contributed by atoms with van der Waals surface area (Å²) in [6, 6.07) is 9.26. The number of likely N-dealkylation sites (tertiary alicyclic amines) is 1. The zero-order valence-electron chi connectivity index (χ0n) is 11.8. The third-order valence-electron chi connectivity index (χ3n) is 4.71. The van der Waals surface area contributed by atoms with Gasteiger partial charge in [-0.05, 0) is 36.8 Å². The van der Waals surface area contributed by atoms with Crippen LogP contribution in [0.15, 0.2) is 30.3 Å². The molecule has 5 heteroatoms. The molecule has 1 amide bonds. The first-order valence-corrected chi connectivity index (χ1v) is 7.29. The molecule has 1 aromatic rings. The van der Waals surface area contributed by atoms with E-state index in [0.29, 0.717) is 18.8 Å². The van der Waals surface area contributed by atoms with Crippen molar-refractivity contribution in [3.8, 4) is 5.75 Å². The molecule has 112 valence electrons. The van der Waals surface area contributed by atoms with Gasteiger partial charge in [0.2, 0.25) is 0 Å². The van der Waals surface area contributed by atoms with Gasteiger partial charge in [0.25, 0.3) is 5.91 Å². The van der Waals surface area contributed by atoms with E-state index in [0.717, 1.165) is 19.3 Å². The van der Waals surface area contributed by atoms with E-state index >= 15 is 0 Å². The number of para-hydroxylation sites is 1. The van der Waals surface area contributed by atoms with Crippen LogP contribution in [-0.2, 0) is 9.59 Å². The Labute approximate surface area is 123 Å². The number of aliphatic carboxylic acids is 1. The largest absolute Gasteiger partial charge is 0.484 e. The van der Waals surface area contributed by atoms with E-state index < -0.39 is 5.97 Å². The van der Waals surface area contributed by atoms with Crippen molar-refractivity contribution in [3.63, 3.8) is 0 Å². The van der Waals surface area contributed by atoms with Gasteiger partial charge in [-0.25, -0.2) is 0 Å². The standard InChI is InChI=1S/C16H19NO4/c18-14(11-21-12-4-2-1-3-5-12)17-8-6-16(7-9-17)10-13(16)15(19)20/h1-5,13H,6-11H2,(H,19,20). The molecule has 3 rings (SSSR count). The number of piperidine rings is 1. The Balaban J connectivity index is 1.46. The highest BCUT2D eigenvalue weighted by atomic mass is 16.5. The van der Waals surface area contributed by atoms with Crippen LogP contribution < -0.4 is 4.74 Å². The Morgan fingerprint density at radius 2 is 1.90 bits per heavy atom. The van der Waals surface area contributed by atoms with Crippen LogP contribution in [0.2, 0.25) is 0 Å². The summed E-state index contributed by atoms with van der Waals surface area (Å²) in [6.07, 6.45) is 2.35. The lowest BCUT2D eigenvalue weighted by molar-refractivity contribution is -0.140. The number of carbonyl (C=O) groups excluding carboxylic acids is 1. The van der Waals surface area contributed by atoms with Gasteiger partial charge < -0.3 is 14.7 Å². The van der Waals surface area contributed by atoms with Gasteiger partial charge in [0.05, 0.1) is 5.92 Å². The highest BCUT2D eigenvalue weighted by molar-refractivity contribution is 5.78. The average molecular weight is 289 g/mol. The SMILES string of the molecule is O=C(O)C1CC12CCN(C(=O)COc1ccccc1)CC2. The van der Waals surface area contributed by atoms with Gasteiger partial charge in [-0.2, -0.15) is 0 Å². The second kappa shape index (κ2) is 5.39. The topological polar surface area (TPSA) is 66.8 Å². The third kappa shape index (κ3) is 2.86. The fraction of sp³-hybridized carbons (Fsp3) is 0.500. The highest BCUT2D eigenvalue weighted by Gasteiger charge is 2.59. The number of ether oxygens (including phenoxy) is 1. The highest BCUT2D eigenvalue weighted by Crippen LogP contribution is 2.59. The van der Waals surface area contributed by atoms with Crippen molar-refractivity contribution in [2.45, 2.75) is 19.3 Å². The van der Waals surface area contributed by atoms with E-state index in [9.17, 15) is 9.59 Å². The molecule has 1 heterocycles. The lowest BCUT2D eigenvalue weighted by atomic mass is 9.91. The number of hydrogen-bond donors (Lipinski definition) is 1. The van der Waals surface area contributed by atoms with Crippen LogP contribution in [0.25, 0.3) is 0 Å². The number of carboxylic acids is 1. The van der Waals surface area contributed by atoms with Gasteiger partial charge in [-0.15, -0.1) is 0 Å². The summed E-state index contributed by atoms with van der Waals surface area (Å²) in [5, 5.41) is 9.06. The molecule has 0 radical (unpaired) electrons. The van der Waals surface area contributed by atoms with Crippen molar-refractivity contribution < 1.29 is 19.4 Å². The summed E-state index contributed by atoms with van der Waals surface area (Å²) >= 11 is 0. The number of amides is 1. The van der Waals surface area contributed by atoms with Crippen molar-refractivity contribution >= 4 is 11.9 Å². The maximum Gasteiger partial charge on any atom is 0.307 e. The molecule has 1 spiro atoms. The van der Waals surface area contributed by atoms with Crippen LogP contribution in [0.1, 0.15) is 19.3 Å². The first-order valence-electron chi connectivity index (χ1n) is 7.29. The minimum Gasteiger partial charge on any atom is -0.484 e. The van der Waals surface area contributed by atoms with E-state index in [2.05, 4.69) is 0 Å². The number of carbonyl (C=O) groups is 2. The van der Waals surface area contributed by atoms with Crippen molar-refractivity contribution in [2.75, 3.05) is 19.7 Å². The average Bonchev–Trinajstić information content (AvgIpc) is 3.21. The number of benzene rings is 1. The minimum atomic E-state index is -0.692. The predicted octanol–water partition coefficient (Wildman–Crippen LogP) is 1.78. The Morgan fingerprint density at radius 3 is 2.48 bits per heavy atom. The van der Waals surface area contributed by atoms with Crippen LogP contribution in [0.4, 0.5) is 0 Å². The molecule has 2 aliphatic rings. The number of hydrogen-bond acceptors (Lipinski definition) is 3. The molecule has 0 bridgehead atoms. The Morgan fingerprint density at radius 1 is 1.24 bits per heavy atom. The molecule has 1 aromatic carbocycles. The van der Waals surface area contributed by atoms with Gasteiger partial charge in [-0.3, -0.25) is 9.59 Å². The Bertz CT molecular complexity index is 534. The van der Waals surface area contributed by atoms with Crippen molar-refractivity contribution in [3.05, 3.63) is 30.3 Å². The summed E-state index contributed by atoms with van der Waals surface area (Å²) in [7, 11) is 0. The van der Waals surface area contributed by atoms with E-state index in [1.807, 2.05) is 30.3 Å². The molecule has 1 saturated heterocycles. The molecule has 1 aliphatic carbocycles. The fourth-order valence-electron chi connectivity index (χ4n) is 3.20. The second-order valence-corrected chi connectivity index (χ2v) is 5.94. The van der Waals surface area contributed by atoms with Gasteiger partial charge >= 0.3 is 5.97 Å². The maximum atomic E-state index is 12.1. The van der Waals surface area contributed by atoms with Gasteiger partial charge in [0, 0.05) is 13.1 Å². The van der Waals surface area contributed by atoms with Crippen LogP contribution in [0.3, 0.4) is 0 Å². The minimum absolute atomic E-state index is 0.0266. The molecule has 2 fully saturated rings. The number of rotatable bonds is 4. The smallest absolute Gasteiger partial charge is 0.307 e. The molecule has 5 nitrogen and oxygen atoms in total. The summed E-state index contributed by atoms with van der Waals surface area (Å²) in [4.78, 5) is 24.9. The van der Waals surface area contributed by atoms with Crippen molar-refractivity contribution in [1.82, 2.24) is 4.90 Å². The lowest BCUT2D eigenvalue weighted by Crippen LogP contribution is -2.42. The Kier molecular flexibility index (Phi) is 3.57. The summed E-state index contributed by atoms with van der Waals surface area (Å²) < 4.78 is 5.46. The van der Waals surface area contributed by atoms with Crippen molar-refractivity contribution in [2.24, 2.45) is 11.3 Å². The molecular formula is C16H19NO4. The number of carboxylic acid groups (broad SMARTS) is 1. The van der Waals surface area contributed by atoms with Crippen LogP contribution in [0, 0.1) is 11.3 Å². The fourth-order valence-corrected chi connectivity index (χ4v) is 3.20. The first-order chi connectivity index (χ1) is 10.1. The Hall–Kier alpha value is -2.04. The predicted molar refractivity (Wildman–Crippen MR) is 75.9 cm³/mol.